The molecule has 0 aliphatic heterocycles. The largest absolute Gasteiger partial charge is 0.375 e. The first-order chi connectivity index (χ1) is 8.72. The zero-order valence-corrected chi connectivity index (χ0v) is 11.8. The fraction of sp³-hybridized carbons (Fsp3) is 0. The van der Waals surface area contributed by atoms with Gasteiger partial charge >= 0.3 is 0 Å². The lowest BCUT2D eigenvalue weighted by atomic mass is 10.1. The fourth-order valence-corrected chi connectivity index (χ4v) is 2.70. The molecule has 3 nitrogen and oxygen atoms in total. The van der Waals surface area contributed by atoms with E-state index in [1.54, 1.807) is 0 Å². The van der Waals surface area contributed by atoms with Crippen molar-refractivity contribution in [2.75, 3.05) is 5.73 Å². The number of H-pyrrole nitrogens is 1. The number of aromatic amines is 1. The normalized spacial score (nSPS) is 11.6. The number of nitrogens with one attached hydrogen (secondary N) is 1. The van der Waals surface area contributed by atoms with E-state index in [9.17, 15) is 0 Å². The molecule has 0 unspecified atom stereocenters. The first-order valence-electron chi connectivity index (χ1n) is 5.38. The molecule has 0 atom stereocenters. The summed E-state index contributed by atoms with van der Waals surface area (Å²) in [6.07, 6.45) is 6.00. The highest BCUT2D eigenvalue weighted by molar-refractivity contribution is 9.10. The standard InChI is InChI=1S/C13H10BrN3S/c14-9-2-4-12-11(5-9)8(6-16-12)1-3-10-7-18-13(15)17-10/h1-7,16H,(H2,15,17). The van der Waals surface area contributed by atoms with E-state index in [0.717, 1.165) is 21.2 Å². The molecular formula is C13H10BrN3S. The van der Waals surface area contributed by atoms with Crippen LogP contribution in [0.15, 0.2) is 34.2 Å². The number of nitrogens with zero attached hydrogens (tertiary/aromatic N) is 1. The maximum atomic E-state index is 5.60. The second kappa shape index (κ2) is 4.59. The number of hydrogen-bond acceptors (Lipinski definition) is 3. The third-order valence-corrected chi connectivity index (χ3v) is 3.83. The van der Waals surface area contributed by atoms with Gasteiger partial charge in [0.15, 0.2) is 5.13 Å². The fourth-order valence-electron chi connectivity index (χ4n) is 1.80. The molecule has 0 aliphatic rings. The predicted molar refractivity (Wildman–Crippen MR) is 81.5 cm³/mol. The van der Waals surface area contributed by atoms with Gasteiger partial charge in [-0.05, 0) is 29.8 Å². The number of anilines is 1. The Kier molecular flexibility index (Phi) is 2.93. The molecule has 0 fully saturated rings. The van der Waals surface area contributed by atoms with E-state index in [4.69, 9.17) is 5.73 Å². The van der Waals surface area contributed by atoms with Gasteiger partial charge in [0, 0.05) is 27.0 Å². The molecule has 5 heteroatoms. The summed E-state index contributed by atoms with van der Waals surface area (Å²) in [7, 11) is 0. The summed E-state index contributed by atoms with van der Waals surface area (Å²) < 4.78 is 1.07. The molecule has 0 bridgehead atoms. The van der Waals surface area contributed by atoms with Crippen molar-refractivity contribution in [1.82, 2.24) is 9.97 Å². The number of rotatable bonds is 2. The van der Waals surface area contributed by atoms with Crippen molar-refractivity contribution in [3.63, 3.8) is 0 Å². The number of aromatic nitrogens is 2. The summed E-state index contributed by atoms with van der Waals surface area (Å²) in [6, 6.07) is 6.17. The molecule has 18 heavy (non-hydrogen) atoms. The van der Waals surface area contributed by atoms with Crippen molar-refractivity contribution in [2.24, 2.45) is 0 Å². The summed E-state index contributed by atoms with van der Waals surface area (Å²) in [5.41, 5.74) is 8.75. The molecule has 3 N–H and O–H groups in total. The van der Waals surface area contributed by atoms with Gasteiger partial charge in [-0.2, -0.15) is 0 Å². The van der Waals surface area contributed by atoms with Crippen LogP contribution < -0.4 is 5.73 Å². The van der Waals surface area contributed by atoms with E-state index in [1.165, 1.54) is 16.7 Å². The number of halogens is 1. The molecule has 2 aromatic heterocycles. The predicted octanol–water partition coefficient (Wildman–Crippen LogP) is 4.14. The van der Waals surface area contributed by atoms with Gasteiger partial charge in [-0.25, -0.2) is 4.98 Å². The lowest BCUT2D eigenvalue weighted by Gasteiger charge is -1.93. The zero-order chi connectivity index (χ0) is 12.5. The summed E-state index contributed by atoms with van der Waals surface area (Å²) in [6.45, 7) is 0. The van der Waals surface area contributed by atoms with Crippen molar-refractivity contribution < 1.29 is 0 Å². The molecule has 0 saturated heterocycles. The van der Waals surface area contributed by atoms with Crippen LogP contribution in [0, 0.1) is 0 Å². The zero-order valence-electron chi connectivity index (χ0n) is 9.35. The Morgan fingerprint density at radius 3 is 3.00 bits per heavy atom. The second-order valence-corrected chi connectivity index (χ2v) is 5.68. The van der Waals surface area contributed by atoms with E-state index in [0.29, 0.717) is 5.13 Å². The van der Waals surface area contributed by atoms with Gasteiger partial charge < -0.3 is 10.7 Å². The highest BCUT2D eigenvalue weighted by atomic mass is 79.9. The molecule has 0 saturated carbocycles. The van der Waals surface area contributed by atoms with Crippen molar-refractivity contribution in [3.8, 4) is 0 Å². The number of thiazole rings is 1. The quantitative estimate of drug-likeness (QED) is 0.745. The van der Waals surface area contributed by atoms with Crippen LogP contribution in [0.3, 0.4) is 0 Å². The number of benzene rings is 1. The summed E-state index contributed by atoms with van der Waals surface area (Å²) in [4.78, 5) is 7.44. The maximum absolute atomic E-state index is 5.60. The molecule has 1 aromatic carbocycles. The number of hydrogen-bond donors (Lipinski definition) is 2. The van der Waals surface area contributed by atoms with E-state index in [2.05, 4.69) is 38.0 Å². The van der Waals surface area contributed by atoms with Crippen LogP contribution in [0.2, 0.25) is 0 Å². The molecule has 0 amide bonds. The average molecular weight is 320 g/mol. The van der Waals surface area contributed by atoms with Crippen LogP contribution in [0.25, 0.3) is 23.1 Å². The SMILES string of the molecule is Nc1nc(C=Cc2c[nH]c3ccc(Br)cc23)cs1. The van der Waals surface area contributed by atoms with E-state index in [-0.39, 0.29) is 0 Å². The smallest absolute Gasteiger partial charge is 0.180 e. The molecule has 0 radical (unpaired) electrons. The van der Waals surface area contributed by atoms with Crippen molar-refractivity contribution in [1.29, 1.82) is 0 Å². The maximum Gasteiger partial charge on any atom is 0.180 e. The van der Waals surface area contributed by atoms with Crippen LogP contribution in [0.1, 0.15) is 11.3 Å². The second-order valence-electron chi connectivity index (χ2n) is 3.88. The van der Waals surface area contributed by atoms with E-state index in [1.807, 2.05) is 29.8 Å². The Hall–Kier alpha value is -1.59. The Bertz CT molecular complexity index is 727. The minimum Gasteiger partial charge on any atom is -0.375 e. The molecule has 3 aromatic rings. The Labute approximate surface area is 116 Å². The minimum atomic E-state index is 0.594. The Balaban J connectivity index is 1.99. The molecule has 0 aliphatic carbocycles. The first-order valence-corrected chi connectivity index (χ1v) is 7.05. The van der Waals surface area contributed by atoms with Gasteiger partial charge in [0.05, 0.1) is 5.69 Å². The molecule has 90 valence electrons. The number of nitrogen functional groups attached to an aromatic ring is 1. The number of fused-ring (bicyclic) bond motifs is 1. The van der Waals surface area contributed by atoms with Crippen molar-refractivity contribution in [2.45, 2.75) is 0 Å². The monoisotopic (exact) mass is 319 g/mol. The summed E-state index contributed by atoms with van der Waals surface area (Å²) in [5.74, 6) is 0. The third kappa shape index (κ3) is 2.19. The highest BCUT2D eigenvalue weighted by Gasteiger charge is 2.01. The van der Waals surface area contributed by atoms with Crippen LogP contribution in [0.5, 0.6) is 0 Å². The van der Waals surface area contributed by atoms with Gasteiger partial charge in [0.1, 0.15) is 0 Å². The van der Waals surface area contributed by atoms with Gasteiger partial charge in [-0.3, -0.25) is 0 Å². The lowest BCUT2D eigenvalue weighted by Crippen LogP contribution is -1.80. The topological polar surface area (TPSA) is 54.7 Å². The van der Waals surface area contributed by atoms with Crippen LogP contribution >= 0.6 is 27.3 Å². The third-order valence-electron chi connectivity index (χ3n) is 2.65. The first kappa shape index (κ1) is 11.5. The average Bonchev–Trinajstić information content (AvgIpc) is 2.93. The van der Waals surface area contributed by atoms with Gasteiger partial charge in [-0.15, -0.1) is 11.3 Å². The summed E-state index contributed by atoms with van der Waals surface area (Å²) in [5, 5.41) is 3.72. The molecule has 3 rings (SSSR count). The van der Waals surface area contributed by atoms with Crippen LogP contribution in [0.4, 0.5) is 5.13 Å². The van der Waals surface area contributed by atoms with Gasteiger partial charge in [-0.1, -0.05) is 22.0 Å². The Morgan fingerprint density at radius 1 is 1.33 bits per heavy atom. The molecule has 2 heterocycles. The van der Waals surface area contributed by atoms with Gasteiger partial charge in [0.2, 0.25) is 0 Å². The molecule has 0 spiro atoms. The van der Waals surface area contributed by atoms with Crippen LogP contribution in [-0.4, -0.2) is 9.97 Å². The van der Waals surface area contributed by atoms with Crippen LogP contribution in [-0.2, 0) is 0 Å². The van der Waals surface area contributed by atoms with Gasteiger partial charge in [0.25, 0.3) is 0 Å². The number of nitrogens with two attached hydrogens (primary N) is 1. The van der Waals surface area contributed by atoms with Crippen molar-refractivity contribution >= 4 is 55.5 Å². The highest BCUT2D eigenvalue weighted by Crippen LogP contribution is 2.24. The molecular weight excluding hydrogens is 310 g/mol. The Morgan fingerprint density at radius 2 is 2.22 bits per heavy atom. The van der Waals surface area contributed by atoms with Crippen molar-refractivity contribution in [3.05, 3.63) is 45.5 Å². The summed E-state index contributed by atoms with van der Waals surface area (Å²) >= 11 is 4.93. The van der Waals surface area contributed by atoms with E-state index < -0.39 is 0 Å². The minimum absolute atomic E-state index is 0.594. The lowest BCUT2D eigenvalue weighted by molar-refractivity contribution is 1.39. The van der Waals surface area contributed by atoms with E-state index >= 15 is 0 Å².